The molecule has 2 saturated carbocycles. The Kier molecular flexibility index (Phi) is 6.73. The Bertz CT molecular complexity index is 554. The van der Waals surface area contributed by atoms with E-state index in [1.54, 1.807) is 0 Å². The van der Waals surface area contributed by atoms with Crippen molar-refractivity contribution in [2.75, 3.05) is 6.61 Å². The Morgan fingerprint density at radius 1 is 1.00 bits per heavy atom. The van der Waals surface area contributed by atoms with E-state index in [0.717, 1.165) is 50.7 Å². The SMILES string of the molecule is CCCCCOC1CCC2CC(c3cc(F)c(Cl)c(F)c3)CCC2C1. The van der Waals surface area contributed by atoms with Crippen LogP contribution in [-0.2, 0) is 4.74 Å². The highest BCUT2D eigenvalue weighted by Crippen LogP contribution is 2.47. The standard InChI is InChI=1S/C21H29ClF2O/c1-2-3-4-9-25-18-8-7-14-10-15(5-6-16(14)11-18)17-12-19(23)21(22)20(24)13-17/h12-16,18H,2-11H2,1H3. The second-order valence-corrected chi connectivity index (χ2v) is 8.22. The van der Waals surface area contributed by atoms with Crippen LogP contribution < -0.4 is 0 Å². The molecule has 0 amide bonds. The molecule has 1 aromatic rings. The van der Waals surface area contributed by atoms with Crippen LogP contribution in [0.1, 0.15) is 76.2 Å². The number of hydrogen-bond donors (Lipinski definition) is 0. The lowest BCUT2D eigenvalue weighted by Gasteiger charge is -2.42. The zero-order valence-corrected chi connectivity index (χ0v) is 15.8. The van der Waals surface area contributed by atoms with Crippen LogP contribution in [0, 0.1) is 23.5 Å². The zero-order chi connectivity index (χ0) is 17.8. The first kappa shape index (κ1) is 19.1. The molecule has 3 rings (SSSR count). The first-order valence-electron chi connectivity index (χ1n) is 9.84. The predicted molar refractivity (Wildman–Crippen MR) is 98.1 cm³/mol. The van der Waals surface area contributed by atoms with Gasteiger partial charge in [-0.15, -0.1) is 0 Å². The number of benzene rings is 1. The molecule has 2 aliphatic rings. The average Bonchev–Trinajstić information content (AvgIpc) is 2.62. The maximum absolute atomic E-state index is 13.8. The van der Waals surface area contributed by atoms with Gasteiger partial charge >= 0.3 is 0 Å². The molecule has 2 fully saturated rings. The minimum atomic E-state index is -0.636. The van der Waals surface area contributed by atoms with Crippen molar-refractivity contribution >= 4 is 11.6 Å². The highest BCUT2D eigenvalue weighted by atomic mass is 35.5. The second kappa shape index (κ2) is 8.81. The van der Waals surface area contributed by atoms with Crippen LogP contribution in [0.2, 0.25) is 5.02 Å². The van der Waals surface area contributed by atoms with E-state index in [1.807, 2.05) is 0 Å². The van der Waals surface area contributed by atoms with Crippen LogP contribution in [0.4, 0.5) is 8.78 Å². The van der Waals surface area contributed by atoms with Crippen molar-refractivity contribution in [2.45, 2.75) is 76.7 Å². The van der Waals surface area contributed by atoms with Gasteiger partial charge in [-0.25, -0.2) is 8.78 Å². The smallest absolute Gasteiger partial charge is 0.145 e. The van der Waals surface area contributed by atoms with Crippen molar-refractivity contribution in [1.82, 2.24) is 0 Å². The highest BCUT2D eigenvalue weighted by molar-refractivity contribution is 6.30. The van der Waals surface area contributed by atoms with Gasteiger partial charge in [-0.2, -0.15) is 0 Å². The molecule has 4 heteroatoms. The van der Waals surface area contributed by atoms with Gasteiger partial charge in [-0.3, -0.25) is 0 Å². The van der Waals surface area contributed by atoms with Crippen LogP contribution >= 0.6 is 11.6 Å². The first-order valence-corrected chi connectivity index (χ1v) is 10.2. The zero-order valence-electron chi connectivity index (χ0n) is 15.1. The number of unbranched alkanes of at least 4 members (excludes halogenated alkanes) is 2. The molecule has 4 atom stereocenters. The van der Waals surface area contributed by atoms with E-state index in [0.29, 0.717) is 17.9 Å². The number of ether oxygens (including phenoxy) is 1. The molecular formula is C21H29ClF2O. The van der Waals surface area contributed by atoms with Crippen molar-refractivity contribution in [2.24, 2.45) is 11.8 Å². The summed E-state index contributed by atoms with van der Waals surface area (Å²) in [5.41, 5.74) is 0.774. The van der Waals surface area contributed by atoms with Gasteiger partial charge in [0.15, 0.2) is 0 Å². The molecule has 4 unspecified atom stereocenters. The molecule has 140 valence electrons. The van der Waals surface area contributed by atoms with E-state index in [1.165, 1.54) is 31.4 Å². The third kappa shape index (κ3) is 4.74. The Hall–Kier alpha value is -0.670. The van der Waals surface area contributed by atoms with Crippen molar-refractivity contribution in [3.8, 4) is 0 Å². The second-order valence-electron chi connectivity index (χ2n) is 7.84. The summed E-state index contributed by atoms with van der Waals surface area (Å²) >= 11 is 5.61. The highest BCUT2D eigenvalue weighted by Gasteiger charge is 2.36. The fourth-order valence-corrected chi connectivity index (χ4v) is 4.82. The normalized spacial score (nSPS) is 29.4. The van der Waals surface area contributed by atoms with Gasteiger partial charge in [0, 0.05) is 6.61 Å². The third-order valence-corrected chi connectivity index (χ3v) is 6.50. The van der Waals surface area contributed by atoms with Crippen molar-refractivity contribution in [3.63, 3.8) is 0 Å². The lowest BCUT2D eigenvalue weighted by Crippen LogP contribution is -2.34. The first-order chi connectivity index (χ1) is 12.1. The van der Waals surface area contributed by atoms with Crippen LogP contribution in [0.5, 0.6) is 0 Å². The van der Waals surface area contributed by atoms with Crippen LogP contribution in [0.15, 0.2) is 12.1 Å². The summed E-state index contributed by atoms with van der Waals surface area (Å²) in [6, 6.07) is 2.86. The molecule has 0 radical (unpaired) electrons. The summed E-state index contributed by atoms with van der Waals surface area (Å²) in [5, 5.41) is -0.391. The third-order valence-electron chi connectivity index (χ3n) is 6.14. The summed E-state index contributed by atoms with van der Waals surface area (Å²) in [4.78, 5) is 0. The molecule has 0 saturated heterocycles. The summed E-state index contributed by atoms with van der Waals surface area (Å²) in [7, 11) is 0. The van der Waals surface area contributed by atoms with Gasteiger partial charge in [-0.05, 0) is 80.4 Å². The van der Waals surface area contributed by atoms with E-state index < -0.39 is 16.7 Å². The topological polar surface area (TPSA) is 9.23 Å². The van der Waals surface area contributed by atoms with Gasteiger partial charge in [0.1, 0.15) is 16.7 Å². The molecule has 0 N–H and O–H groups in total. The van der Waals surface area contributed by atoms with E-state index in [-0.39, 0.29) is 5.92 Å². The maximum Gasteiger partial charge on any atom is 0.145 e. The van der Waals surface area contributed by atoms with Crippen molar-refractivity contribution < 1.29 is 13.5 Å². The van der Waals surface area contributed by atoms with E-state index in [9.17, 15) is 8.78 Å². The number of fused-ring (bicyclic) bond motifs is 1. The molecular weight excluding hydrogens is 342 g/mol. The van der Waals surface area contributed by atoms with Crippen molar-refractivity contribution in [3.05, 3.63) is 34.4 Å². The Labute approximate surface area is 155 Å². The van der Waals surface area contributed by atoms with E-state index >= 15 is 0 Å². The van der Waals surface area contributed by atoms with Gasteiger partial charge in [0.2, 0.25) is 0 Å². The van der Waals surface area contributed by atoms with Crippen molar-refractivity contribution in [1.29, 1.82) is 0 Å². The van der Waals surface area contributed by atoms with Gasteiger partial charge in [-0.1, -0.05) is 31.4 Å². The number of halogens is 3. The monoisotopic (exact) mass is 370 g/mol. The fourth-order valence-electron chi connectivity index (χ4n) is 4.71. The van der Waals surface area contributed by atoms with Gasteiger partial charge in [0.25, 0.3) is 0 Å². The predicted octanol–water partition coefficient (Wildman–Crippen LogP) is 6.88. The van der Waals surface area contributed by atoms with E-state index in [2.05, 4.69) is 6.92 Å². The molecule has 1 aromatic carbocycles. The van der Waals surface area contributed by atoms with Crippen LogP contribution in [0.3, 0.4) is 0 Å². The summed E-state index contributed by atoms with van der Waals surface area (Å²) in [6.07, 6.45) is 10.7. The lowest BCUT2D eigenvalue weighted by atomic mass is 9.65. The fraction of sp³-hybridized carbons (Fsp3) is 0.714. The molecule has 0 aliphatic heterocycles. The largest absolute Gasteiger partial charge is 0.378 e. The summed E-state index contributed by atoms with van der Waals surface area (Å²) in [6.45, 7) is 3.10. The molecule has 25 heavy (non-hydrogen) atoms. The Balaban J connectivity index is 1.54. The molecule has 0 aromatic heterocycles. The van der Waals surface area contributed by atoms with E-state index in [4.69, 9.17) is 16.3 Å². The molecule has 0 bridgehead atoms. The Morgan fingerprint density at radius 3 is 2.40 bits per heavy atom. The molecule has 2 aliphatic carbocycles. The average molecular weight is 371 g/mol. The summed E-state index contributed by atoms with van der Waals surface area (Å²) < 4.78 is 33.6. The molecule has 0 heterocycles. The van der Waals surface area contributed by atoms with Gasteiger partial charge in [0.05, 0.1) is 6.10 Å². The van der Waals surface area contributed by atoms with Crippen LogP contribution in [0.25, 0.3) is 0 Å². The summed E-state index contributed by atoms with van der Waals surface area (Å²) in [5.74, 6) is 0.356. The minimum Gasteiger partial charge on any atom is -0.378 e. The minimum absolute atomic E-state index is 0.254. The quantitative estimate of drug-likeness (QED) is 0.392. The Morgan fingerprint density at radius 2 is 1.68 bits per heavy atom. The maximum atomic E-state index is 13.8. The number of rotatable bonds is 6. The van der Waals surface area contributed by atoms with Crippen LogP contribution in [-0.4, -0.2) is 12.7 Å². The molecule has 1 nitrogen and oxygen atoms in total. The lowest BCUT2D eigenvalue weighted by molar-refractivity contribution is -0.0162. The number of hydrogen-bond acceptors (Lipinski definition) is 1. The molecule has 0 spiro atoms. The van der Waals surface area contributed by atoms with Gasteiger partial charge < -0.3 is 4.74 Å².